The quantitative estimate of drug-likeness (QED) is 0.393. The van der Waals surface area contributed by atoms with E-state index in [1.54, 1.807) is 37.3 Å². The lowest BCUT2D eigenvalue weighted by atomic mass is 10.1. The van der Waals surface area contributed by atoms with E-state index >= 15 is 0 Å². The monoisotopic (exact) mass is 555 g/mol. The molecule has 2 aromatic carbocycles. The molecular formula is C25H31Cl2N3O5S. The van der Waals surface area contributed by atoms with Gasteiger partial charge in [-0.3, -0.25) is 18.7 Å². The fourth-order valence-electron chi connectivity index (χ4n) is 3.61. The molecule has 0 spiro atoms. The van der Waals surface area contributed by atoms with Crippen LogP contribution in [0.25, 0.3) is 0 Å². The van der Waals surface area contributed by atoms with Gasteiger partial charge < -0.3 is 10.2 Å². The molecule has 2 amide bonds. The molecule has 36 heavy (non-hydrogen) atoms. The molecule has 2 aromatic rings. The second-order valence-corrected chi connectivity index (χ2v) is 11.1. The topological polar surface area (TPSA) is 104 Å². The second-order valence-electron chi connectivity index (χ2n) is 8.36. The molecule has 0 aliphatic heterocycles. The van der Waals surface area contributed by atoms with Crippen LogP contribution in [-0.2, 0) is 26.2 Å². The number of nitrogens with one attached hydrogen (secondary N) is 1. The molecule has 2 rings (SSSR count). The van der Waals surface area contributed by atoms with Gasteiger partial charge >= 0.3 is 0 Å². The van der Waals surface area contributed by atoms with Crippen molar-refractivity contribution in [1.82, 2.24) is 10.2 Å². The number of amides is 2. The van der Waals surface area contributed by atoms with Crippen LogP contribution in [-0.4, -0.2) is 56.3 Å². The molecule has 0 fully saturated rings. The zero-order chi connectivity index (χ0) is 27.0. The zero-order valence-electron chi connectivity index (χ0n) is 20.8. The van der Waals surface area contributed by atoms with Crippen LogP contribution in [0.2, 0.25) is 10.0 Å². The van der Waals surface area contributed by atoms with Gasteiger partial charge in [0.25, 0.3) is 0 Å². The fraction of sp³-hybridized carbons (Fsp3) is 0.400. The standard InChI is InChI=1S/C25H31Cl2N3O5S/c1-5-12-28-25(33)23(6-2)29(15-18-10-11-21(26)22(27)13-18)24(32)16-30(36(4,34)35)20-9-7-8-19(14-20)17(3)31/h7-11,13-14,23H,5-6,12,15-16H2,1-4H3,(H,28,33)/t23-/m1/s1. The number of carbonyl (C=O) groups is 3. The summed E-state index contributed by atoms with van der Waals surface area (Å²) >= 11 is 12.2. The van der Waals surface area contributed by atoms with Gasteiger partial charge in [-0.15, -0.1) is 0 Å². The van der Waals surface area contributed by atoms with Crippen LogP contribution in [0, 0.1) is 0 Å². The van der Waals surface area contributed by atoms with Gasteiger partial charge in [-0.1, -0.05) is 55.2 Å². The molecule has 0 aliphatic rings. The first-order chi connectivity index (χ1) is 16.9. The van der Waals surface area contributed by atoms with E-state index in [0.717, 1.165) is 17.0 Å². The van der Waals surface area contributed by atoms with Crippen molar-refractivity contribution in [2.24, 2.45) is 0 Å². The molecule has 196 valence electrons. The number of sulfonamides is 1. The van der Waals surface area contributed by atoms with Gasteiger partial charge in [-0.05, 0) is 49.6 Å². The van der Waals surface area contributed by atoms with Gasteiger partial charge in [-0.25, -0.2) is 8.42 Å². The molecular weight excluding hydrogens is 525 g/mol. The minimum absolute atomic E-state index is 0.0128. The number of hydrogen-bond acceptors (Lipinski definition) is 5. The van der Waals surface area contributed by atoms with Crippen molar-refractivity contribution in [2.75, 3.05) is 23.7 Å². The van der Waals surface area contributed by atoms with E-state index in [4.69, 9.17) is 23.2 Å². The van der Waals surface area contributed by atoms with Gasteiger partial charge in [0, 0.05) is 18.7 Å². The van der Waals surface area contributed by atoms with Crippen molar-refractivity contribution in [3.05, 3.63) is 63.6 Å². The van der Waals surface area contributed by atoms with E-state index in [-0.39, 0.29) is 23.9 Å². The van der Waals surface area contributed by atoms with Gasteiger partial charge in [0.1, 0.15) is 12.6 Å². The van der Waals surface area contributed by atoms with E-state index in [2.05, 4.69) is 5.32 Å². The van der Waals surface area contributed by atoms with Crippen LogP contribution in [0.3, 0.4) is 0 Å². The molecule has 0 heterocycles. The number of ketones is 1. The third-order valence-electron chi connectivity index (χ3n) is 5.49. The first-order valence-electron chi connectivity index (χ1n) is 11.5. The molecule has 1 N–H and O–H groups in total. The third-order valence-corrected chi connectivity index (χ3v) is 7.37. The lowest BCUT2D eigenvalue weighted by Gasteiger charge is -2.33. The maximum absolute atomic E-state index is 13.6. The molecule has 8 nitrogen and oxygen atoms in total. The Morgan fingerprint density at radius 1 is 1.03 bits per heavy atom. The Kier molecular flexibility index (Phi) is 10.8. The average molecular weight is 557 g/mol. The summed E-state index contributed by atoms with van der Waals surface area (Å²) in [4.78, 5) is 39.8. The average Bonchev–Trinajstić information content (AvgIpc) is 2.82. The van der Waals surface area contributed by atoms with E-state index in [1.807, 2.05) is 6.92 Å². The predicted octanol–water partition coefficient (Wildman–Crippen LogP) is 4.30. The lowest BCUT2D eigenvalue weighted by molar-refractivity contribution is -0.140. The molecule has 0 unspecified atom stereocenters. The van der Waals surface area contributed by atoms with Crippen molar-refractivity contribution in [1.29, 1.82) is 0 Å². The minimum Gasteiger partial charge on any atom is -0.354 e. The normalized spacial score (nSPS) is 12.1. The van der Waals surface area contributed by atoms with Crippen molar-refractivity contribution in [2.45, 2.75) is 46.2 Å². The maximum atomic E-state index is 13.6. The SMILES string of the molecule is CCCNC(=O)[C@@H](CC)N(Cc1ccc(Cl)c(Cl)c1)C(=O)CN(c1cccc(C(C)=O)c1)S(C)(=O)=O. The van der Waals surface area contributed by atoms with E-state index in [0.29, 0.717) is 34.1 Å². The number of anilines is 1. The van der Waals surface area contributed by atoms with Gasteiger partial charge in [0.15, 0.2) is 5.78 Å². The van der Waals surface area contributed by atoms with Gasteiger partial charge in [-0.2, -0.15) is 0 Å². The van der Waals surface area contributed by atoms with Gasteiger partial charge in [0.05, 0.1) is 22.0 Å². The molecule has 11 heteroatoms. The summed E-state index contributed by atoms with van der Waals surface area (Å²) in [5, 5.41) is 3.45. The molecule has 1 atom stereocenters. The molecule has 0 radical (unpaired) electrons. The molecule has 0 bridgehead atoms. The highest BCUT2D eigenvalue weighted by molar-refractivity contribution is 7.92. The number of Topliss-reactive ketones (excluding diaryl/α,β-unsaturated/α-hetero) is 1. The molecule has 0 aromatic heterocycles. The van der Waals surface area contributed by atoms with Crippen LogP contribution in [0.1, 0.15) is 49.5 Å². The summed E-state index contributed by atoms with van der Waals surface area (Å²) in [6.45, 7) is 4.96. The Balaban J connectivity index is 2.48. The Hall–Kier alpha value is -2.62. The number of carbonyl (C=O) groups excluding carboxylic acids is 3. The Morgan fingerprint density at radius 2 is 1.72 bits per heavy atom. The summed E-state index contributed by atoms with van der Waals surface area (Å²) in [5.41, 5.74) is 1.12. The number of hydrogen-bond donors (Lipinski definition) is 1. The minimum atomic E-state index is -3.91. The zero-order valence-corrected chi connectivity index (χ0v) is 23.1. The van der Waals surface area contributed by atoms with Gasteiger partial charge in [0.2, 0.25) is 21.8 Å². The first-order valence-corrected chi connectivity index (χ1v) is 14.1. The summed E-state index contributed by atoms with van der Waals surface area (Å²) in [6.07, 6.45) is 2.01. The largest absolute Gasteiger partial charge is 0.354 e. The lowest BCUT2D eigenvalue weighted by Crippen LogP contribution is -2.52. The number of nitrogens with zero attached hydrogens (tertiary/aromatic N) is 2. The number of halogens is 2. The summed E-state index contributed by atoms with van der Waals surface area (Å²) in [7, 11) is -3.91. The van der Waals surface area contributed by atoms with Crippen LogP contribution in [0.5, 0.6) is 0 Å². The summed E-state index contributed by atoms with van der Waals surface area (Å²) < 4.78 is 26.3. The third kappa shape index (κ3) is 7.94. The van der Waals surface area contributed by atoms with Crippen LogP contribution in [0.15, 0.2) is 42.5 Å². The predicted molar refractivity (Wildman–Crippen MR) is 143 cm³/mol. The van der Waals surface area contributed by atoms with Crippen molar-refractivity contribution < 1.29 is 22.8 Å². The Morgan fingerprint density at radius 3 is 2.28 bits per heavy atom. The van der Waals surface area contributed by atoms with Crippen molar-refractivity contribution in [3.63, 3.8) is 0 Å². The van der Waals surface area contributed by atoms with E-state index in [9.17, 15) is 22.8 Å². The van der Waals surface area contributed by atoms with Crippen LogP contribution < -0.4 is 9.62 Å². The number of rotatable bonds is 12. The first kappa shape index (κ1) is 29.6. The summed E-state index contributed by atoms with van der Waals surface area (Å²) in [6, 6.07) is 10.1. The van der Waals surface area contributed by atoms with Crippen LogP contribution in [0.4, 0.5) is 5.69 Å². The Labute approximate surface area is 222 Å². The Bertz CT molecular complexity index is 1220. The highest BCUT2D eigenvalue weighted by Gasteiger charge is 2.31. The highest BCUT2D eigenvalue weighted by Crippen LogP contribution is 2.25. The second kappa shape index (κ2) is 13.1. The maximum Gasteiger partial charge on any atom is 0.244 e. The van der Waals surface area contributed by atoms with Crippen LogP contribution >= 0.6 is 23.2 Å². The molecule has 0 aliphatic carbocycles. The molecule has 0 saturated heterocycles. The van der Waals surface area contributed by atoms with Crippen molar-refractivity contribution in [3.8, 4) is 0 Å². The van der Waals surface area contributed by atoms with E-state index < -0.39 is 28.5 Å². The van der Waals surface area contributed by atoms with E-state index in [1.165, 1.54) is 24.0 Å². The molecule has 0 saturated carbocycles. The summed E-state index contributed by atoms with van der Waals surface area (Å²) in [5.74, 6) is -1.16. The van der Waals surface area contributed by atoms with Crippen molar-refractivity contribution >= 4 is 56.5 Å². The number of benzene rings is 2. The fourth-order valence-corrected chi connectivity index (χ4v) is 4.78. The smallest absolute Gasteiger partial charge is 0.244 e. The highest BCUT2D eigenvalue weighted by atomic mass is 35.5.